The molecule has 11 heavy (non-hydrogen) atoms. The first-order chi connectivity index (χ1) is 5.25. The van der Waals surface area contributed by atoms with Gasteiger partial charge in [0.2, 0.25) is 0 Å². The Kier molecular flexibility index (Phi) is 3.38. The van der Waals surface area contributed by atoms with E-state index in [-0.39, 0.29) is 0 Å². The first kappa shape index (κ1) is 9.05. The van der Waals surface area contributed by atoms with Crippen molar-refractivity contribution >= 4 is 27.4 Å². The fourth-order valence-corrected chi connectivity index (χ4v) is 1.57. The number of thiol groups is 1. The van der Waals surface area contributed by atoms with Crippen LogP contribution in [0.1, 0.15) is 18.5 Å². The van der Waals surface area contributed by atoms with Gasteiger partial charge in [0.05, 0.1) is 0 Å². The van der Waals surface area contributed by atoms with Gasteiger partial charge in [0.15, 0.2) is 0 Å². The van der Waals surface area contributed by atoms with Crippen LogP contribution in [0.2, 0.25) is 0 Å². The van der Waals surface area contributed by atoms with Crippen molar-refractivity contribution in [2.45, 2.75) is 13.0 Å². The van der Waals surface area contributed by atoms with Gasteiger partial charge in [0.25, 0.3) is 0 Å². The van der Waals surface area contributed by atoms with Crippen LogP contribution in [-0.4, -0.2) is 0 Å². The Balaban J connectivity index is 2.93. The molecule has 1 aromatic carbocycles. The van der Waals surface area contributed by atoms with E-state index in [1.165, 1.54) is 10.9 Å². The Morgan fingerprint density at radius 2 is 2.09 bits per heavy atom. The van der Waals surface area contributed by atoms with Crippen LogP contribution in [0, 0.1) is 0 Å². The van der Waals surface area contributed by atoms with Crippen molar-refractivity contribution in [1.82, 2.24) is 4.72 Å². The normalized spacial score (nSPS) is 13.0. The maximum absolute atomic E-state index is 4.01. The molecule has 0 amide bonds. The SMILES string of the molecule is CC(NS)c1ccccc1P. The van der Waals surface area contributed by atoms with Crippen molar-refractivity contribution < 1.29 is 0 Å². The number of hydrogen-bond acceptors (Lipinski definition) is 2. The molecule has 0 aliphatic rings. The monoisotopic (exact) mass is 185 g/mol. The molecular formula is C8H12NPS. The van der Waals surface area contributed by atoms with Gasteiger partial charge in [-0.2, -0.15) is 0 Å². The number of hydrogen-bond donors (Lipinski definition) is 2. The van der Waals surface area contributed by atoms with Gasteiger partial charge in [0, 0.05) is 6.04 Å². The summed E-state index contributed by atoms with van der Waals surface area (Å²) in [6.45, 7) is 2.08. The van der Waals surface area contributed by atoms with Gasteiger partial charge in [-0.15, -0.1) is 9.24 Å². The van der Waals surface area contributed by atoms with Gasteiger partial charge in [-0.3, -0.25) is 4.72 Å². The first-order valence-corrected chi connectivity index (χ1v) is 4.52. The molecule has 2 atom stereocenters. The fraction of sp³-hybridized carbons (Fsp3) is 0.250. The third-order valence-corrected chi connectivity index (χ3v) is 2.57. The number of nitrogens with one attached hydrogen (secondary N) is 1. The quantitative estimate of drug-likeness (QED) is 0.527. The molecule has 1 rings (SSSR count). The molecule has 0 aliphatic carbocycles. The van der Waals surface area contributed by atoms with Crippen molar-refractivity contribution in [3.05, 3.63) is 29.8 Å². The summed E-state index contributed by atoms with van der Waals surface area (Å²) in [5.74, 6) is 0. The highest BCUT2D eigenvalue weighted by Crippen LogP contribution is 2.11. The summed E-state index contributed by atoms with van der Waals surface area (Å²) in [5.41, 5.74) is 1.27. The molecule has 1 aromatic rings. The Morgan fingerprint density at radius 1 is 1.45 bits per heavy atom. The lowest BCUT2D eigenvalue weighted by Crippen LogP contribution is -2.13. The minimum Gasteiger partial charge on any atom is -0.260 e. The van der Waals surface area contributed by atoms with Crippen LogP contribution >= 0.6 is 22.1 Å². The fourth-order valence-electron chi connectivity index (χ4n) is 0.975. The van der Waals surface area contributed by atoms with E-state index in [0.29, 0.717) is 6.04 Å². The third kappa shape index (κ3) is 2.19. The molecule has 60 valence electrons. The Bertz CT molecular complexity index is 239. The summed E-state index contributed by atoms with van der Waals surface area (Å²) in [5, 5.41) is 1.22. The topological polar surface area (TPSA) is 12.0 Å². The van der Waals surface area contributed by atoms with E-state index in [1.807, 2.05) is 12.1 Å². The zero-order chi connectivity index (χ0) is 8.27. The van der Waals surface area contributed by atoms with Gasteiger partial charge >= 0.3 is 0 Å². The van der Waals surface area contributed by atoms with Gasteiger partial charge in [-0.25, -0.2) is 0 Å². The van der Waals surface area contributed by atoms with E-state index in [1.54, 1.807) is 0 Å². The highest BCUT2D eigenvalue weighted by atomic mass is 32.1. The van der Waals surface area contributed by atoms with E-state index in [0.717, 1.165) is 0 Å². The number of rotatable bonds is 2. The molecule has 0 fully saturated rings. The average molecular weight is 185 g/mol. The van der Waals surface area contributed by atoms with E-state index >= 15 is 0 Å². The van der Waals surface area contributed by atoms with Crippen molar-refractivity contribution in [3.8, 4) is 0 Å². The van der Waals surface area contributed by atoms with E-state index < -0.39 is 0 Å². The van der Waals surface area contributed by atoms with Gasteiger partial charge in [-0.1, -0.05) is 37.1 Å². The summed E-state index contributed by atoms with van der Waals surface area (Å²) in [6, 6.07) is 8.52. The number of benzene rings is 1. The molecule has 0 saturated heterocycles. The van der Waals surface area contributed by atoms with Crippen molar-refractivity contribution in [3.63, 3.8) is 0 Å². The standard InChI is InChI=1S/C8H12NPS/c1-6(9-11)7-4-2-3-5-8(7)10/h2-6,9,11H,10H2,1H3. The highest BCUT2D eigenvalue weighted by Gasteiger charge is 2.03. The van der Waals surface area contributed by atoms with Gasteiger partial charge < -0.3 is 0 Å². The Labute approximate surface area is 75.3 Å². The van der Waals surface area contributed by atoms with Gasteiger partial charge in [0.1, 0.15) is 0 Å². The Hall–Kier alpha value is -0.0400. The maximum atomic E-state index is 4.01. The molecule has 0 aliphatic heterocycles. The molecule has 3 heteroatoms. The maximum Gasteiger partial charge on any atom is 0.0397 e. The molecule has 0 aromatic heterocycles. The average Bonchev–Trinajstić information content (AvgIpc) is 2.04. The van der Waals surface area contributed by atoms with Crippen molar-refractivity contribution in [2.75, 3.05) is 0 Å². The summed E-state index contributed by atoms with van der Waals surface area (Å²) < 4.78 is 2.90. The summed E-state index contributed by atoms with van der Waals surface area (Å²) >= 11 is 4.01. The molecule has 1 N–H and O–H groups in total. The van der Waals surface area contributed by atoms with Gasteiger partial charge in [-0.05, 0) is 17.8 Å². The predicted molar refractivity (Wildman–Crippen MR) is 56.3 cm³/mol. The summed E-state index contributed by atoms with van der Waals surface area (Å²) in [7, 11) is 2.71. The van der Waals surface area contributed by atoms with Crippen molar-refractivity contribution in [2.24, 2.45) is 0 Å². The molecule has 0 radical (unpaired) electrons. The second-order valence-corrected chi connectivity index (χ2v) is 3.36. The summed E-state index contributed by atoms with van der Waals surface area (Å²) in [6.07, 6.45) is 0. The van der Waals surface area contributed by atoms with E-state index in [9.17, 15) is 0 Å². The van der Waals surface area contributed by atoms with E-state index in [4.69, 9.17) is 0 Å². The minimum absolute atomic E-state index is 0.298. The second kappa shape index (κ2) is 4.10. The highest BCUT2D eigenvalue weighted by molar-refractivity contribution is 7.78. The van der Waals surface area contributed by atoms with E-state index in [2.05, 4.69) is 45.8 Å². The largest absolute Gasteiger partial charge is 0.260 e. The van der Waals surface area contributed by atoms with Crippen LogP contribution < -0.4 is 10.0 Å². The van der Waals surface area contributed by atoms with Crippen LogP contribution in [0.15, 0.2) is 24.3 Å². The van der Waals surface area contributed by atoms with Crippen LogP contribution in [0.3, 0.4) is 0 Å². The lowest BCUT2D eigenvalue weighted by molar-refractivity contribution is 0.764. The molecule has 2 unspecified atom stereocenters. The molecule has 0 saturated carbocycles. The molecule has 0 heterocycles. The second-order valence-electron chi connectivity index (χ2n) is 2.48. The van der Waals surface area contributed by atoms with Crippen LogP contribution in [-0.2, 0) is 0 Å². The molecule has 1 nitrogen and oxygen atoms in total. The smallest absolute Gasteiger partial charge is 0.0397 e. The lowest BCUT2D eigenvalue weighted by Gasteiger charge is -2.11. The zero-order valence-corrected chi connectivity index (χ0v) is 8.46. The molecular weight excluding hydrogens is 173 g/mol. The molecule has 0 bridgehead atoms. The zero-order valence-electron chi connectivity index (χ0n) is 6.41. The predicted octanol–water partition coefficient (Wildman–Crippen LogP) is 1.68. The first-order valence-electron chi connectivity index (χ1n) is 3.49. The summed E-state index contributed by atoms with van der Waals surface area (Å²) in [4.78, 5) is 0. The minimum atomic E-state index is 0.298. The van der Waals surface area contributed by atoms with Crippen LogP contribution in [0.4, 0.5) is 0 Å². The van der Waals surface area contributed by atoms with Crippen LogP contribution in [0.5, 0.6) is 0 Å². The van der Waals surface area contributed by atoms with Crippen LogP contribution in [0.25, 0.3) is 0 Å². The third-order valence-electron chi connectivity index (χ3n) is 1.66. The Morgan fingerprint density at radius 3 is 2.64 bits per heavy atom. The molecule has 0 spiro atoms. The lowest BCUT2D eigenvalue weighted by atomic mass is 10.1. The van der Waals surface area contributed by atoms with Crippen molar-refractivity contribution in [1.29, 1.82) is 0 Å².